The fraction of sp³-hybridized carbons (Fsp3) is 0.588. The van der Waals surface area contributed by atoms with Crippen LogP contribution in [0, 0.1) is 11.6 Å². The lowest BCUT2D eigenvalue weighted by Gasteiger charge is -2.21. The number of aliphatic imine (C=N–C) groups is 1. The Bertz CT molecular complexity index is 604. The second-order valence-corrected chi connectivity index (χ2v) is 6.22. The van der Waals surface area contributed by atoms with Crippen molar-refractivity contribution in [1.82, 2.24) is 10.6 Å². The largest absolute Gasteiger partial charge is 0.389 e. The van der Waals surface area contributed by atoms with Gasteiger partial charge in [-0.15, -0.1) is 24.0 Å². The van der Waals surface area contributed by atoms with Gasteiger partial charge in [0.2, 0.25) is 0 Å². The van der Waals surface area contributed by atoms with Crippen LogP contribution in [-0.2, 0) is 0 Å². The minimum absolute atomic E-state index is 0. The number of anilines is 1. The molecule has 0 amide bonds. The van der Waals surface area contributed by atoms with Gasteiger partial charge in [0.05, 0.1) is 0 Å². The number of nitrogens with zero attached hydrogens (tertiary/aromatic N) is 2. The van der Waals surface area contributed by atoms with Crippen molar-refractivity contribution in [2.75, 3.05) is 31.6 Å². The third kappa shape index (κ3) is 7.67. The Hall–Kier alpha value is -1.33. The highest BCUT2D eigenvalue weighted by atomic mass is 127. The quantitative estimate of drug-likeness (QED) is 0.201. The predicted molar refractivity (Wildman–Crippen MR) is 107 cm³/mol. The van der Waals surface area contributed by atoms with Crippen LogP contribution >= 0.6 is 24.0 Å². The van der Waals surface area contributed by atoms with Crippen molar-refractivity contribution in [3.63, 3.8) is 0 Å². The van der Waals surface area contributed by atoms with Gasteiger partial charge in [0.15, 0.2) is 5.96 Å². The SMILES string of the molecule is CN=C(NCCCCC(F)(F)F)NC1CCN(c2c(F)cccc2F)C1.I. The van der Waals surface area contributed by atoms with Gasteiger partial charge in [-0.1, -0.05) is 6.07 Å². The molecule has 154 valence electrons. The van der Waals surface area contributed by atoms with E-state index in [1.807, 2.05) is 0 Å². The Morgan fingerprint density at radius 1 is 1.22 bits per heavy atom. The smallest absolute Gasteiger partial charge is 0.365 e. The molecule has 27 heavy (non-hydrogen) atoms. The summed E-state index contributed by atoms with van der Waals surface area (Å²) in [6, 6.07) is 3.71. The van der Waals surface area contributed by atoms with E-state index < -0.39 is 24.2 Å². The van der Waals surface area contributed by atoms with Crippen LogP contribution in [0.5, 0.6) is 0 Å². The number of nitrogens with one attached hydrogen (secondary N) is 2. The maximum Gasteiger partial charge on any atom is 0.389 e. The summed E-state index contributed by atoms with van der Waals surface area (Å²) in [4.78, 5) is 5.67. The van der Waals surface area contributed by atoms with E-state index in [1.165, 1.54) is 18.2 Å². The zero-order chi connectivity index (χ0) is 19.2. The Kier molecular flexibility index (Phi) is 9.54. The molecule has 1 atom stereocenters. The molecule has 1 fully saturated rings. The average molecular weight is 506 g/mol. The summed E-state index contributed by atoms with van der Waals surface area (Å²) in [5.41, 5.74) is -0.0353. The normalized spacial score (nSPS) is 17.6. The molecule has 1 saturated heterocycles. The van der Waals surface area contributed by atoms with Crippen LogP contribution in [0.25, 0.3) is 0 Å². The topological polar surface area (TPSA) is 39.7 Å². The molecule has 2 N–H and O–H groups in total. The van der Waals surface area contributed by atoms with Crippen LogP contribution in [-0.4, -0.2) is 44.9 Å². The lowest BCUT2D eigenvalue weighted by molar-refractivity contribution is -0.135. The van der Waals surface area contributed by atoms with E-state index in [0.717, 1.165) is 0 Å². The van der Waals surface area contributed by atoms with Crippen LogP contribution < -0.4 is 15.5 Å². The molecule has 0 bridgehead atoms. The van der Waals surface area contributed by atoms with Crippen LogP contribution in [0.1, 0.15) is 25.7 Å². The van der Waals surface area contributed by atoms with Gasteiger partial charge in [-0.25, -0.2) is 8.78 Å². The average Bonchev–Trinajstić information content (AvgIpc) is 3.00. The Balaban J connectivity index is 0.00000364. The van der Waals surface area contributed by atoms with Gasteiger partial charge in [-0.3, -0.25) is 4.99 Å². The maximum atomic E-state index is 13.9. The summed E-state index contributed by atoms with van der Waals surface area (Å²) in [6.07, 6.45) is -3.83. The third-order valence-corrected chi connectivity index (χ3v) is 4.19. The van der Waals surface area contributed by atoms with Gasteiger partial charge in [0.25, 0.3) is 0 Å². The molecule has 0 spiro atoms. The van der Waals surface area contributed by atoms with Gasteiger partial charge in [0.1, 0.15) is 17.3 Å². The van der Waals surface area contributed by atoms with Crippen LogP contribution in [0.15, 0.2) is 23.2 Å². The van der Waals surface area contributed by atoms with Crippen molar-refractivity contribution in [3.8, 4) is 0 Å². The van der Waals surface area contributed by atoms with Crippen molar-refractivity contribution in [2.24, 2.45) is 4.99 Å². The number of benzene rings is 1. The molecule has 1 aromatic rings. The number of rotatable bonds is 6. The van der Waals surface area contributed by atoms with Gasteiger partial charge < -0.3 is 15.5 Å². The number of halogens is 6. The minimum atomic E-state index is -4.13. The number of hydrogen-bond acceptors (Lipinski definition) is 2. The molecule has 0 aromatic heterocycles. The number of hydrogen-bond donors (Lipinski definition) is 2. The van der Waals surface area contributed by atoms with Crippen LogP contribution in [0.4, 0.5) is 27.6 Å². The molecule has 1 aliphatic rings. The summed E-state index contributed by atoms with van der Waals surface area (Å²) in [5.74, 6) is -0.728. The highest BCUT2D eigenvalue weighted by Crippen LogP contribution is 2.26. The number of unbranched alkanes of at least 4 members (excludes halogenated alkanes) is 1. The Morgan fingerprint density at radius 3 is 2.48 bits per heavy atom. The lowest BCUT2D eigenvalue weighted by atomic mass is 10.2. The molecule has 1 aliphatic heterocycles. The van der Waals surface area contributed by atoms with Crippen molar-refractivity contribution in [3.05, 3.63) is 29.8 Å². The first kappa shape index (κ1) is 23.7. The number of para-hydroxylation sites is 1. The molecule has 0 saturated carbocycles. The zero-order valence-electron chi connectivity index (χ0n) is 15.0. The molecule has 1 unspecified atom stereocenters. The van der Waals surface area contributed by atoms with E-state index in [2.05, 4.69) is 15.6 Å². The number of guanidine groups is 1. The first-order valence-electron chi connectivity index (χ1n) is 8.53. The molecule has 0 radical (unpaired) electrons. The van der Waals surface area contributed by atoms with E-state index in [-0.39, 0.29) is 42.1 Å². The van der Waals surface area contributed by atoms with E-state index in [4.69, 9.17) is 0 Å². The molecular weight excluding hydrogens is 482 g/mol. The van der Waals surface area contributed by atoms with E-state index >= 15 is 0 Å². The fourth-order valence-electron chi connectivity index (χ4n) is 2.92. The highest BCUT2D eigenvalue weighted by Gasteiger charge is 2.27. The molecular formula is C17H24F5IN4. The second kappa shape index (κ2) is 10.9. The summed E-state index contributed by atoms with van der Waals surface area (Å²) in [7, 11) is 1.56. The van der Waals surface area contributed by atoms with Crippen molar-refractivity contribution >= 4 is 35.6 Å². The first-order chi connectivity index (χ1) is 12.3. The summed E-state index contributed by atoms with van der Waals surface area (Å²) >= 11 is 0. The van der Waals surface area contributed by atoms with Gasteiger partial charge >= 0.3 is 6.18 Å². The summed E-state index contributed by atoms with van der Waals surface area (Å²) in [6.45, 7) is 1.28. The zero-order valence-corrected chi connectivity index (χ0v) is 17.3. The Morgan fingerprint density at radius 2 is 1.89 bits per heavy atom. The van der Waals surface area contributed by atoms with Crippen LogP contribution in [0.2, 0.25) is 0 Å². The monoisotopic (exact) mass is 506 g/mol. The number of alkyl halides is 3. The van der Waals surface area contributed by atoms with Gasteiger partial charge in [-0.2, -0.15) is 13.2 Å². The lowest BCUT2D eigenvalue weighted by Crippen LogP contribution is -2.45. The minimum Gasteiger partial charge on any atom is -0.365 e. The summed E-state index contributed by atoms with van der Waals surface area (Å²) in [5, 5.41) is 6.11. The van der Waals surface area contributed by atoms with E-state index in [0.29, 0.717) is 38.4 Å². The molecule has 1 heterocycles. The second-order valence-electron chi connectivity index (χ2n) is 6.22. The van der Waals surface area contributed by atoms with Gasteiger partial charge in [-0.05, 0) is 31.4 Å². The van der Waals surface area contributed by atoms with Crippen molar-refractivity contribution < 1.29 is 22.0 Å². The van der Waals surface area contributed by atoms with Crippen LogP contribution in [0.3, 0.4) is 0 Å². The Labute approximate surface area is 172 Å². The van der Waals surface area contributed by atoms with Gasteiger partial charge in [0, 0.05) is 39.1 Å². The van der Waals surface area contributed by atoms with Crippen molar-refractivity contribution in [2.45, 2.75) is 37.9 Å². The van der Waals surface area contributed by atoms with E-state index in [9.17, 15) is 22.0 Å². The van der Waals surface area contributed by atoms with Crippen molar-refractivity contribution in [1.29, 1.82) is 0 Å². The summed E-state index contributed by atoms with van der Waals surface area (Å²) < 4.78 is 64.0. The molecule has 0 aliphatic carbocycles. The fourth-order valence-corrected chi connectivity index (χ4v) is 2.92. The maximum absolute atomic E-state index is 13.9. The standard InChI is InChI=1S/C17H23F5N4.HI/c1-23-16(24-9-3-2-8-17(20,21)22)25-12-7-10-26(11-12)15-13(18)5-4-6-14(15)19;/h4-6,12H,2-3,7-11H2,1H3,(H2,23,24,25);1H. The molecule has 2 rings (SSSR count). The molecule has 4 nitrogen and oxygen atoms in total. The molecule has 10 heteroatoms. The predicted octanol–water partition coefficient (Wildman–Crippen LogP) is 4.06. The first-order valence-corrected chi connectivity index (χ1v) is 8.53. The third-order valence-electron chi connectivity index (χ3n) is 4.19. The molecule has 1 aromatic carbocycles. The van der Waals surface area contributed by atoms with E-state index in [1.54, 1.807) is 11.9 Å². The highest BCUT2D eigenvalue weighted by molar-refractivity contribution is 14.0.